The lowest BCUT2D eigenvalue weighted by atomic mass is 10.1. The van der Waals surface area contributed by atoms with E-state index in [1.54, 1.807) is 0 Å². The average molecular weight is 227 g/mol. The van der Waals surface area contributed by atoms with E-state index in [2.05, 4.69) is 17.1 Å². The fraction of sp³-hybridized carbons (Fsp3) is 0.818. The molecule has 1 aromatic heterocycles. The summed E-state index contributed by atoms with van der Waals surface area (Å²) in [6.45, 7) is 5.43. The van der Waals surface area contributed by atoms with Gasteiger partial charge in [-0.15, -0.1) is 0 Å². The van der Waals surface area contributed by atoms with Crippen LogP contribution in [-0.4, -0.2) is 23.4 Å². The maximum absolute atomic E-state index is 5.92. The van der Waals surface area contributed by atoms with E-state index in [0.29, 0.717) is 31.3 Å². The molecule has 0 fully saturated rings. The van der Waals surface area contributed by atoms with Crippen molar-refractivity contribution in [2.45, 2.75) is 45.6 Å². The molecule has 0 radical (unpaired) electrons. The first-order valence-corrected chi connectivity index (χ1v) is 5.93. The number of unbranched alkanes of at least 4 members (excludes halogenated alkanes) is 1. The molecule has 2 N–H and O–H groups in total. The molecule has 1 heterocycles. The summed E-state index contributed by atoms with van der Waals surface area (Å²) in [4.78, 5) is 4.25. The van der Waals surface area contributed by atoms with E-state index in [1.807, 2.05) is 6.92 Å². The largest absolute Gasteiger partial charge is 0.381 e. The molecule has 0 spiro atoms. The van der Waals surface area contributed by atoms with E-state index in [4.69, 9.17) is 15.0 Å². The molecule has 0 aliphatic rings. The first-order chi connectivity index (χ1) is 7.77. The van der Waals surface area contributed by atoms with Gasteiger partial charge in [-0.3, -0.25) is 0 Å². The van der Waals surface area contributed by atoms with Gasteiger partial charge < -0.3 is 15.0 Å². The molecule has 16 heavy (non-hydrogen) atoms. The van der Waals surface area contributed by atoms with Crippen LogP contribution in [0, 0.1) is 0 Å². The minimum atomic E-state index is -0.131. The Morgan fingerprint density at radius 3 is 2.94 bits per heavy atom. The van der Waals surface area contributed by atoms with Gasteiger partial charge in [0.25, 0.3) is 0 Å². The topological polar surface area (TPSA) is 74.2 Å². The van der Waals surface area contributed by atoms with Gasteiger partial charge in [0.15, 0.2) is 5.82 Å². The lowest BCUT2D eigenvalue weighted by Crippen LogP contribution is -2.10. The Hall–Kier alpha value is -0.940. The standard InChI is InChI=1S/C11H21N3O2/c1-3-5-6-9(12)11-13-10(14-16-11)7-8-15-4-2/h9H,3-8,12H2,1-2H3/t9-/m0/s1. The van der Waals surface area contributed by atoms with Gasteiger partial charge >= 0.3 is 0 Å². The van der Waals surface area contributed by atoms with Crippen LogP contribution in [0.2, 0.25) is 0 Å². The zero-order valence-corrected chi connectivity index (χ0v) is 10.1. The maximum Gasteiger partial charge on any atom is 0.243 e. The number of aromatic nitrogens is 2. The number of nitrogens with zero attached hydrogens (tertiary/aromatic N) is 2. The van der Waals surface area contributed by atoms with Crippen molar-refractivity contribution in [1.82, 2.24) is 10.1 Å². The van der Waals surface area contributed by atoms with Crippen LogP contribution in [0.25, 0.3) is 0 Å². The quantitative estimate of drug-likeness (QED) is 0.686. The van der Waals surface area contributed by atoms with Crippen LogP contribution in [0.3, 0.4) is 0 Å². The monoisotopic (exact) mass is 227 g/mol. The molecule has 5 heteroatoms. The molecule has 0 unspecified atom stereocenters. The molecule has 1 atom stereocenters. The van der Waals surface area contributed by atoms with Crippen molar-refractivity contribution in [2.24, 2.45) is 5.73 Å². The molecule has 92 valence electrons. The summed E-state index contributed by atoms with van der Waals surface area (Å²) in [5.41, 5.74) is 5.92. The van der Waals surface area contributed by atoms with Crippen molar-refractivity contribution in [3.8, 4) is 0 Å². The van der Waals surface area contributed by atoms with Gasteiger partial charge in [0.2, 0.25) is 5.89 Å². The first-order valence-electron chi connectivity index (χ1n) is 5.93. The van der Waals surface area contributed by atoms with Gasteiger partial charge in [0.1, 0.15) is 0 Å². The van der Waals surface area contributed by atoms with E-state index in [-0.39, 0.29) is 6.04 Å². The van der Waals surface area contributed by atoms with Gasteiger partial charge in [0, 0.05) is 13.0 Å². The molecule has 1 rings (SSSR count). The van der Waals surface area contributed by atoms with Crippen molar-refractivity contribution in [1.29, 1.82) is 0 Å². The van der Waals surface area contributed by atoms with Crippen LogP contribution >= 0.6 is 0 Å². The Bertz CT molecular complexity index is 289. The SMILES string of the molecule is CCCC[C@H](N)c1nc(CCOCC)no1. The normalized spacial score (nSPS) is 12.9. The van der Waals surface area contributed by atoms with Crippen LogP contribution in [0.15, 0.2) is 4.52 Å². The summed E-state index contributed by atoms with van der Waals surface area (Å²) < 4.78 is 10.3. The van der Waals surface area contributed by atoms with Crippen LogP contribution in [0.4, 0.5) is 0 Å². The van der Waals surface area contributed by atoms with E-state index in [0.717, 1.165) is 19.3 Å². The highest BCUT2D eigenvalue weighted by Crippen LogP contribution is 2.14. The van der Waals surface area contributed by atoms with Crippen molar-refractivity contribution in [2.75, 3.05) is 13.2 Å². The fourth-order valence-electron chi connectivity index (χ4n) is 1.37. The Morgan fingerprint density at radius 2 is 2.25 bits per heavy atom. The van der Waals surface area contributed by atoms with Gasteiger partial charge in [-0.1, -0.05) is 24.9 Å². The Labute approximate surface area is 96.4 Å². The van der Waals surface area contributed by atoms with Crippen LogP contribution in [-0.2, 0) is 11.2 Å². The molecule has 0 bridgehead atoms. The second-order valence-corrected chi connectivity index (χ2v) is 3.74. The maximum atomic E-state index is 5.92. The Kier molecular flexibility index (Phi) is 6.03. The molecule has 0 amide bonds. The number of rotatable bonds is 8. The molecular formula is C11H21N3O2. The van der Waals surface area contributed by atoms with Crippen molar-refractivity contribution in [3.63, 3.8) is 0 Å². The van der Waals surface area contributed by atoms with Gasteiger partial charge in [0.05, 0.1) is 12.6 Å². The lowest BCUT2D eigenvalue weighted by Gasteiger charge is -2.03. The van der Waals surface area contributed by atoms with E-state index < -0.39 is 0 Å². The van der Waals surface area contributed by atoms with Crippen molar-refractivity contribution < 1.29 is 9.26 Å². The summed E-state index contributed by atoms with van der Waals surface area (Å²) in [5.74, 6) is 1.22. The summed E-state index contributed by atoms with van der Waals surface area (Å²) in [5, 5.41) is 3.87. The van der Waals surface area contributed by atoms with E-state index in [1.165, 1.54) is 0 Å². The molecule has 1 aromatic rings. The highest BCUT2D eigenvalue weighted by atomic mass is 16.5. The summed E-state index contributed by atoms with van der Waals surface area (Å²) in [6.07, 6.45) is 3.78. The van der Waals surface area contributed by atoms with E-state index >= 15 is 0 Å². The summed E-state index contributed by atoms with van der Waals surface area (Å²) in [7, 11) is 0. The summed E-state index contributed by atoms with van der Waals surface area (Å²) >= 11 is 0. The van der Waals surface area contributed by atoms with Gasteiger partial charge in [-0.05, 0) is 13.3 Å². The predicted molar refractivity (Wildman–Crippen MR) is 60.9 cm³/mol. The van der Waals surface area contributed by atoms with Crippen LogP contribution < -0.4 is 5.73 Å². The summed E-state index contributed by atoms with van der Waals surface area (Å²) in [6, 6.07) is -0.131. The zero-order chi connectivity index (χ0) is 11.8. The highest BCUT2D eigenvalue weighted by Gasteiger charge is 2.13. The molecule has 0 saturated heterocycles. The number of hydrogen-bond acceptors (Lipinski definition) is 5. The van der Waals surface area contributed by atoms with Gasteiger partial charge in [-0.2, -0.15) is 4.98 Å². The average Bonchev–Trinajstić information content (AvgIpc) is 2.75. The molecule has 5 nitrogen and oxygen atoms in total. The van der Waals surface area contributed by atoms with E-state index in [9.17, 15) is 0 Å². The number of hydrogen-bond donors (Lipinski definition) is 1. The smallest absolute Gasteiger partial charge is 0.243 e. The molecular weight excluding hydrogens is 206 g/mol. The zero-order valence-electron chi connectivity index (χ0n) is 10.1. The predicted octanol–water partition coefficient (Wildman–Crippen LogP) is 1.84. The van der Waals surface area contributed by atoms with Gasteiger partial charge in [-0.25, -0.2) is 0 Å². The van der Waals surface area contributed by atoms with Crippen molar-refractivity contribution in [3.05, 3.63) is 11.7 Å². The molecule has 0 aliphatic carbocycles. The number of nitrogens with two attached hydrogens (primary N) is 1. The van der Waals surface area contributed by atoms with Crippen LogP contribution in [0.5, 0.6) is 0 Å². The molecule has 0 saturated carbocycles. The third kappa shape index (κ3) is 4.28. The minimum absolute atomic E-state index is 0.131. The second-order valence-electron chi connectivity index (χ2n) is 3.74. The second kappa shape index (κ2) is 7.35. The third-order valence-electron chi connectivity index (χ3n) is 2.34. The van der Waals surface area contributed by atoms with Crippen LogP contribution in [0.1, 0.15) is 50.9 Å². The highest BCUT2D eigenvalue weighted by molar-refractivity contribution is 4.91. The lowest BCUT2D eigenvalue weighted by molar-refractivity contribution is 0.149. The van der Waals surface area contributed by atoms with Crippen molar-refractivity contribution >= 4 is 0 Å². The first kappa shape index (κ1) is 13.1. The third-order valence-corrected chi connectivity index (χ3v) is 2.34. The Balaban J connectivity index is 2.37. The molecule has 0 aromatic carbocycles. The Morgan fingerprint density at radius 1 is 1.44 bits per heavy atom. The fourth-order valence-corrected chi connectivity index (χ4v) is 1.37. The molecule has 0 aliphatic heterocycles. The number of ether oxygens (including phenoxy) is 1. The minimum Gasteiger partial charge on any atom is -0.381 e.